The highest BCUT2D eigenvalue weighted by Gasteiger charge is 2.51. The molecule has 4 aromatic rings. The molecule has 0 spiro atoms. The normalized spacial score (nSPS) is 21.2. The van der Waals surface area contributed by atoms with Crippen molar-refractivity contribution in [2.45, 2.75) is 83.1 Å². The number of tetrazole rings is 1. The molecule has 0 radical (unpaired) electrons. The molecule has 0 bridgehead atoms. The summed E-state index contributed by atoms with van der Waals surface area (Å²) in [6.07, 6.45) is -0.305. The van der Waals surface area contributed by atoms with Crippen molar-refractivity contribution in [2.75, 3.05) is 12.4 Å². The van der Waals surface area contributed by atoms with Crippen molar-refractivity contribution in [3.8, 4) is 5.69 Å². The van der Waals surface area contributed by atoms with Gasteiger partial charge in [0.25, 0.3) is 13.5 Å². The fourth-order valence-corrected chi connectivity index (χ4v) is 12.6. The van der Waals surface area contributed by atoms with Crippen molar-refractivity contribution in [3.63, 3.8) is 0 Å². The molecule has 1 saturated heterocycles. The van der Waals surface area contributed by atoms with Crippen molar-refractivity contribution in [1.29, 1.82) is 0 Å². The van der Waals surface area contributed by atoms with E-state index in [0.29, 0.717) is 12.3 Å². The number of hydrogen-bond donors (Lipinski definition) is 0. The number of para-hydroxylation sites is 1. The smallest absolute Gasteiger partial charge is 0.272 e. The maximum absolute atomic E-state index is 13.5. The lowest BCUT2D eigenvalue weighted by molar-refractivity contribution is -0.327. The molecule has 1 aliphatic rings. The number of sulfone groups is 1. The van der Waals surface area contributed by atoms with E-state index in [-0.39, 0.29) is 46.4 Å². The molecule has 246 valence electrons. The van der Waals surface area contributed by atoms with Gasteiger partial charge in [-0.15, -0.1) is 0 Å². The van der Waals surface area contributed by atoms with Crippen LogP contribution in [0.5, 0.6) is 0 Å². The molecule has 0 amide bonds. The Hall–Kier alpha value is -3.22. The molecule has 1 fully saturated rings. The topological polar surface area (TPSA) is 105 Å². The number of rotatable bonds is 11. The quantitative estimate of drug-likeness (QED) is 0.202. The number of benzene rings is 3. The third-order valence-corrected chi connectivity index (χ3v) is 15.5. The van der Waals surface area contributed by atoms with Gasteiger partial charge in [-0.3, -0.25) is 0 Å². The monoisotopic (exact) mass is 662 g/mol. The van der Waals surface area contributed by atoms with E-state index in [0.717, 1.165) is 0 Å². The van der Waals surface area contributed by atoms with Gasteiger partial charge in [-0.05, 0) is 58.2 Å². The van der Waals surface area contributed by atoms with Gasteiger partial charge in [-0.1, -0.05) is 119 Å². The van der Waals surface area contributed by atoms with Crippen molar-refractivity contribution >= 4 is 28.5 Å². The maximum Gasteiger partial charge on any atom is 0.272 e. The summed E-state index contributed by atoms with van der Waals surface area (Å²) in [4.78, 5) is 0. The number of hydrogen-bond acceptors (Lipinski definition) is 8. The number of ether oxygens (including phenoxy) is 2. The second-order valence-electron chi connectivity index (χ2n) is 13.8. The molecule has 2 heterocycles. The first kappa shape index (κ1) is 34.1. The van der Waals surface area contributed by atoms with Crippen LogP contribution in [-0.4, -0.2) is 67.3 Å². The summed E-state index contributed by atoms with van der Waals surface area (Å²) in [5, 5.41) is 13.6. The summed E-state index contributed by atoms with van der Waals surface area (Å²) in [6.45, 7) is 15.3. The Morgan fingerprint density at radius 1 is 0.913 bits per heavy atom. The van der Waals surface area contributed by atoms with Gasteiger partial charge < -0.3 is 13.9 Å². The Balaban J connectivity index is 1.36. The minimum Gasteiger partial charge on any atom is -0.407 e. The molecule has 4 atom stereocenters. The highest BCUT2D eigenvalue weighted by Crippen LogP contribution is 2.40. The first-order valence-corrected chi connectivity index (χ1v) is 19.5. The van der Waals surface area contributed by atoms with Gasteiger partial charge in [0.05, 0.1) is 23.6 Å². The second kappa shape index (κ2) is 13.5. The van der Waals surface area contributed by atoms with E-state index in [9.17, 15) is 8.42 Å². The fourth-order valence-electron chi connectivity index (χ4n) is 6.68. The van der Waals surface area contributed by atoms with E-state index in [2.05, 4.69) is 98.7 Å². The van der Waals surface area contributed by atoms with Gasteiger partial charge in [0.1, 0.15) is 0 Å². The summed E-state index contributed by atoms with van der Waals surface area (Å²) in [7, 11) is -6.56. The SMILES string of the molecule is C[C@H]1[C@H]([C@@H](C)CO[Si](c2ccccc2)(c2ccccc2)C(C)(C)C)OC(C)(C)O[C@H]1CCS(=O)(=O)c1nnnn1-c1ccccc1. The fraction of sp³-hybridized carbons (Fsp3) is 0.457. The molecule has 11 heteroatoms. The summed E-state index contributed by atoms with van der Waals surface area (Å²) < 4.78 is 48.5. The van der Waals surface area contributed by atoms with Crippen LogP contribution in [0.2, 0.25) is 5.04 Å². The summed E-state index contributed by atoms with van der Waals surface area (Å²) in [5.41, 5.74) is 0.581. The van der Waals surface area contributed by atoms with Crippen LogP contribution < -0.4 is 10.4 Å². The van der Waals surface area contributed by atoms with Gasteiger partial charge in [0.2, 0.25) is 9.84 Å². The standard InChI is InChI=1S/C35H46N4O5SSi/c1-26(25-42-46(34(3,4)5,29-19-13-9-14-20-29)30-21-15-10-16-22-30)32-27(2)31(43-35(6,7)44-32)23-24-45(40,41)33-36-37-38-39(33)28-17-11-8-12-18-28/h8-22,26-27,31-32H,23-25H2,1-7H3/t26-,27+,31-,32-/m0/s1. The zero-order chi connectivity index (χ0) is 33.2. The van der Waals surface area contributed by atoms with Gasteiger partial charge in [0, 0.05) is 18.4 Å². The lowest BCUT2D eigenvalue weighted by atomic mass is 9.86. The van der Waals surface area contributed by atoms with Crippen LogP contribution >= 0.6 is 0 Å². The average Bonchev–Trinajstić information content (AvgIpc) is 3.54. The van der Waals surface area contributed by atoms with E-state index >= 15 is 0 Å². The maximum atomic E-state index is 13.5. The Morgan fingerprint density at radius 2 is 1.46 bits per heavy atom. The molecule has 1 aliphatic heterocycles. The molecule has 0 N–H and O–H groups in total. The molecule has 1 aromatic heterocycles. The highest BCUT2D eigenvalue weighted by atomic mass is 32.2. The Kier molecular flexibility index (Phi) is 10.0. The van der Waals surface area contributed by atoms with Crippen molar-refractivity contribution in [3.05, 3.63) is 91.0 Å². The lowest BCUT2D eigenvalue weighted by Crippen LogP contribution is -2.67. The van der Waals surface area contributed by atoms with Crippen LogP contribution in [0.3, 0.4) is 0 Å². The first-order valence-electron chi connectivity index (χ1n) is 15.9. The van der Waals surface area contributed by atoms with Crippen molar-refractivity contribution < 1.29 is 22.3 Å². The Bertz CT molecular complexity index is 1640. The largest absolute Gasteiger partial charge is 0.407 e. The Morgan fingerprint density at radius 3 is 2.00 bits per heavy atom. The highest BCUT2D eigenvalue weighted by molar-refractivity contribution is 7.91. The van der Waals surface area contributed by atoms with Crippen LogP contribution in [0, 0.1) is 11.8 Å². The molecule has 3 aromatic carbocycles. The third kappa shape index (κ3) is 7.03. The van der Waals surface area contributed by atoms with Crippen LogP contribution in [-0.2, 0) is 23.7 Å². The van der Waals surface area contributed by atoms with Crippen LogP contribution in [0.15, 0.2) is 96.2 Å². The van der Waals surface area contributed by atoms with Gasteiger partial charge in [-0.2, -0.15) is 4.68 Å². The van der Waals surface area contributed by atoms with Crippen LogP contribution in [0.4, 0.5) is 0 Å². The van der Waals surface area contributed by atoms with E-state index < -0.39 is 23.9 Å². The molecule has 0 aliphatic carbocycles. The molecule has 0 unspecified atom stereocenters. The summed E-state index contributed by atoms with van der Waals surface area (Å²) >= 11 is 0. The molecule has 9 nitrogen and oxygen atoms in total. The average molecular weight is 663 g/mol. The molecule has 46 heavy (non-hydrogen) atoms. The lowest BCUT2D eigenvalue weighted by Gasteiger charge is -2.48. The summed E-state index contributed by atoms with van der Waals surface area (Å²) in [6, 6.07) is 30.2. The molecular formula is C35H46N4O5SSi. The number of nitrogens with zero attached hydrogens (tertiary/aromatic N) is 4. The van der Waals surface area contributed by atoms with E-state index in [4.69, 9.17) is 13.9 Å². The zero-order valence-corrected chi connectivity index (χ0v) is 29.6. The second-order valence-corrected chi connectivity index (χ2v) is 20.1. The van der Waals surface area contributed by atoms with E-state index in [1.54, 1.807) is 12.1 Å². The minimum atomic E-state index is -3.81. The van der Waals surface area contributed by atoms with Gasteiger partial charge in [-0.25, -0.2) is 8.42 Å². The van der Waals surface area contributed by atoms with Gasteiger partial charge >= 0.3 is 0 Å². The van der Waals surface area contributed by atoms with Crippen LogP contribution in [0.1, 0.15) is 54.9 Å². The Labute approximate surface area is 274 Å². The third-order valence-electron chi connectivity index (χ3n) is 8.89. The van der Waals surface area contributed by atoms with Crippen molar-refractivity contribution in [1.82, 2.24) is 20.2 Å². The number of aromatic nitrogens is 4. The molecule has 0 saturated carbocycles. The van der Waals surface area contributed by atoms with Crippen molar-refractivity contribution in [2.24, 2.45) is 11.8 Å². The predicted molar refractivity (Wildman–Crippen MR) is 182 cm³/mol. The van der Waals surface area contributed by atoms with E-state index in [1.807, 2.05) is 44.2 Å². The zero-order valence-electron chi connectivity index (χ0n) is 27.8. The predicted octanol–water partition coefficient (Wildman–Crippen LogP) is 5.20. The minimum absolute atomic E-state index is 0.00399. The molecule has 5 rings (SSSR count). The summed E-state index contributed by atoms with van der Waals surface area (Å²) in [5.74, 6) is -1.15. The molecular weight excluding hydrogens is 617 g/mol. The first-order chi connectivity index (χ1) is 21.8. The van der Waals surface area contributed by atoms with Crippen LogP contribution in [0.25, 0.3) is 5.69 Å². The van der Waals surface area contributed by atoms with E-state index in [1.165, 1.54) is 15.1 Å². The van der Waals surface area contributed by atoms with Gasteiger partial charge in [0.15, 0.2) is 5.79 Å².